The van der Waals surface area contributed by atoms with Crippen molar-refractivity contribution < 1.29 is 24.1 Å². The summed E-state index contributed by atoms with van der Waals surface area (Å²) >= 11 is 0. The number of amides is 2. The predicted molar refractivity (Wildman–Crippen MR) is 84.9 cm³/mol. The van der Waals surface area contributed by atoms with Crippen molar-refractivity contribution in [2.24, 2.45) is 0 Å². The number of aliphatic hydroxyl groups excluding tert-OH is 1. The third-order valence-corrected chi connectivity index (χ3v) is 3.60. The number of nitrogens with zero attached hydrogens (tertiary/aromatic N) is 1. The van der Waals surface area contributed by atoms with Gasteiger partial charge in [-0.25, -0.2) is 4.79 Å². The molecule has 7 heteroatoms. The van der Waals surface area contributed by atoms with Crippen molar-refractivity contribution in [1.82, 2.24) is 10.2 Å². The minimum atomic E-state index is -0.708. The van der Waals surface area contributed by atoms with Gasteiger partial charge in [-0.2, -0.15) is 0 Å². The zero-order valence-corrected chi connectivity index (χ0v) is 13.7. The number of carbonyl (C=O) groups is 1. The molecule has 7 nitrogen and oxygen atoms in total. The molecule has 1 aliphatic rings. The zero-order valence-electron chi connectivity index (χ0n) is 13.7. The summed E-state index contributed by atoms with van der Waals surface area (Å²) in [5.74, 6) is 1.41. The van der Waals surface area contributed by atoms with Gasteiger partial charge in [-0.15, -0.1) is 0 Å². The molecule has 0 saturated heterocycles. The van der Waals surface area contributed by atoms with E-state index in [4.69, 9.17) is 14.2 Å². The number of methoxy groups -OCH3 is 1. The number of hydrogen-bond acceptors (Lipinski definition) is 5. The summed E-state index contributed by atoms with van der Waals surface area (Å²) in [7, 11) is 3.14. The number of nitrogens with one attached hydrogen (secondary N) is 1. The number of ether oxygens (including phenoxy) is 3. The summed E-state index contributed by atoms with van der Waals surface area (Å²) in [5.41, 5.74) is 0.924. The van der Waals surface area contributed by atoms with Crippen LogP contribution in [0.4, 0.5) is 4.79 Å². The van der Waals surface area contributed by atoms with Crippen LogP contribution in [0.25, 0.3) is 0 Å². The Morgan fingerprint density at radius 1 is 1.39 bits per heavy atom. The molecule has 0 fully saturated rings. The van der Waals surface area contributed by atoms with Crippen molar-refractivity contribution in [3.8, 4) is 11.5 Å². The highest BCUT2D eigenvalue weighted by Gasteiger charge is 2.18. The molecule has 1 aromatic rings. The van der Waals surface area contributed by atoms with Crippen LogP contribution < -0.4 is 14.8 Å². The molecule has 1 aliphatic heterocycles. The molecule has 2 N–H and O–H groups in total. The summed E-state index contributed by atoms with van der Waals surface area (Å²) in [5, 5.41) is 12.6. The van der Waals surface area contributed by atoms with E-state index < -0.39 is 6.10 Å². The van der Waals surface area contributed by atoms with E-state index >= 15 is 0 Å². The second-order valence-electron chi connectivity index (χ2n) is 5.56. The quantitative estimate of drug-likeness (QED) is 0.821. The van der Waals surface area contributed by atoms with Gasteiger partial charge in [0, 0.05) is 14.2 Å². The number of rotatable bonds is 6. The van der Waals surface area contributed by atoms with E-state index in [0.29, 0.717) is 19.0 Å². The van der Waals surface area contributed by atoms with E-state index in [9.17, 15) is 9.90 Å². The molecule has 1 heterocycles. The first kappa shape index (κ1) is 17.4. The van der Waals surface area contributed by atoms with Crippen LogP contribution in [0, 0.1) is 0 Å². The van der Waals surface area contributed by atoms with Gasteiger partial charge >= 0.3 is 6.03 Å². The molecule has 2 rings (SSSR count). The first-order valence-electron chi connectivity index (χ1n) is 7.59. The molecule has 0 spiro atoms. The summed E-state index contributed by atoms with van der Waals surface area (Å²) in [6.45, 7) is 3.36. The van der Waals surface area contributed by atoms with Gasteiger partial charge in [-0.1, -0.05) is 6.07 Å². The normalized spacial score (nSPS) is 15.7. The number of aliphatic hydroxyl groups is 1. The lowest BCUT2D eigenvalue weighted by molar-refractivity contribution is 0.0488. The van der Waals surface area contributed by atoms with Crippen molar-refractivity contribution in [3.05, 3.63) is 23.8 Å². The Morgan fingerprint density at radius 3 is 2.78 bits per heavy atom. The van der Waals surface area contributed by atoms with Crippen LogP contribution in [0.15, 0.2) is 18.2 Å². The van der Waals surface area contributed by atoms with Gasteiger partial charge in [-0.05, 0) is 24.6 Å². The second-order valence-corrected chi connectivity index (χ2v) is 5.56. The molecule has 128 valence electrons. The highest BCUT2D eigenvalue weighted by atomic mass is 16.6. The molecule has 1 aromatic carbocycles. The highest BCUT2D eigenvalue weighted by molar-refractivity contribution is 5.74. The largest absolute Gasteiger partial charge is 0.486 e. The summed E-state index contributed by atoms with van der Waals surface area (Å²) in [4.78, 5) is 13.6. The van der Waals surface area contributed by atoms with Crippen LogP contribution in [-0.4, -0.2) is 62.7 Å². The maximum Gasteiger partial charge on any atom is 0.317 e. The fourth-order valence-corrected chi connectivity index (χ4v) is 2.35. The number of hydrogen-bond donors (Lipinski definition) is 2. The Labute approximate surface area is 136 Å². The van der Waals surface area contributed by atoms with Crippen LogP contribution in [0.1, 0.15) is 18.5 Å². The molecule has 2 atom stereocenters. The zero-order chi connectivity index (χ0) is 16.8. The highest BCUT2D eigenvalue weighted by Crippen LogP contribution is 2.32. The van der Waals surface area contributed by atoms with Gasteiger partial charge in [0.25, 0.3) is 0 Å². The van der Waals surface area contributed by atoms with Gasteiger partial charge in [0.05, 0.1) is 25.3 Å². The van der Waals surface area contributed by atoms with Gasteiger partial charge < -0.3 is 29.5 Å². The number of carbonyl (C=O) groups excluding carboxylic acids is 1. The molecule has 0 aromatic heterocycles. The molecule has 0 saturated carbocycles. The third kappa shape index (κ3) is 4.74. The van der Waals surface area contributed by atoms with E-state index in [2.05, 4.69) is 5.32 Å². The van der Waals surface area contributed by atoms with Gasteiger partial charge in [-0.3, -0.25) is 0 Å². The lowest BCUT2D eigenvalue weighted by Gasteiger charge is -2.24. The number of fused-ring (bicyclic) bond motifs is 1. The molecule has 0 radical (unpaired) electrons. The average Bonchev–Trinajstić information content (AvgIpc) is 2.54. The standard InChI is InChI=1S/C16H24N2O5/c1-11(17-16(20)18(2)9-13(19)10-21-3)12-4-5-14-15(8-12)23-7-6-22-14/h4-5,8,11,13,19H,6-7,9-10H2,1-3H3,(H,17,20). The minimum Gasteiger partial charge on any atom is -0.486 e. The first-order chi connectivity index (χ1) is 11.0. The van der Waals surface area contributed by atoms with E-state index in [1.165, 1.54) is 12.0 Å². The molecule has 0 bridgehead atoms. The maximum absolute atomic E-state index is 12.2. The van der Waals surface area contributed by atoms with Crippen LogP contribution in [0.2, 0.25) is 0 Å². The van der Waals surface area contributed by atoms with Crippen molar-refractivity contribution >= 4 is 6.03 Å². The van der Waals surface area contributed by atoms with E-state index in [0.717, 1.165) is 11.3 Å². The van der Waals surface area contributed by atoms with Crippen molar-refractivity contribution in [1.29, 1.82) is 0 Å². The molecule has 2 unspecified atom stereocenters. The van der Waals surface area contributed by atoms with Crippen LogP contribution >= 0.6 is 0 Å². The first-order valence-corrected chi connectivity index (χ1v) is 7.59. The predicted octanol–water partition coefficient (Wildman–Crippen LogP) is 1.17. The molecular weight excluding hydrogens is 300 g/mol. The SMILES string of the molecule is COCC(O)CN(C)C(=O)NC(C)c1ccc2c(c1)OCCO2. The Hall–Kier alpha value is -1.99. The van der Waals surface area contributed by atoms with E-state index in [1.807, 2.05) is 25.1 Å². The Kier molecular flexibility index (Phi) is 6.06. The van der Waals surface area contributed by atoms with Gasteiger partial charge in [0.15, 0.2) is 11.5 Å². The van der Waals surface area contributed by atoms with E-state index in [-0.39, 0.29) is 25.2 Å². The summed E-state index contributed by atoms with van der Waals surface area (Å²) < 4.78 is 15.9. The average molecular weight is 324 g/mol. The fraction of sp³-hybridized carbons (Fsp3) is 0.562. The summed E-state index contributed by atoms with van der Waals surface area (Å²) in [6.07, 6.45) is -0.708. The Morgan fingerprint density at radius 2 is 2.09 bits per heavy atom. The lowest BCUT2D eigenvalue weighted by atomic mass is 10.1. The Balaban J connectivity index is 1.93. The van der Waals surface area contributed by atoms with Crippen LogP contribution in [0.5, 0.6) is 11.5 Å². The minimum absolute atomic E-state index is 0.190. The number of urea groups is 1. The van der Waals surface area contributed by atoms with Gasteiger partial charge in [0.2, 0.25) is 0 Å². The monoisotopic (exact) mass is 324 g/mol. The molecule has 2 amide bonds. The number of benzene rings is 1. The summed E-state index contributed by atoms with van der Waals surface area (Å²) in [6, 6.07) is 5.17. The van der Waals surface area contributed by atoms with E-state index in [1.54, 1.807) is 7.05 Å². The maximum atomic E-state index is 12.2. The van der Waals surface area contributed by atoms with Crippen LogP contribution in [-0.2, 0) is 4.74 Å². The smallest absolute Gasteiger partial charge is 0.317 e. The number of likely N-dealkylation sites (N-methyl/N-ethyl adjacent to an activating group) is 1. The topological polar surface area (TPSA) is 80.3 Å². The molecule has 0 aliphatic carbocycles. The fourth-order valence-electron chi connectivity index (χ4n) is 2.35. The van der Waals surface area contributed by atoms with Crippen molar-refractivity contribution in [3.63, 3.8) is 0 Å². The van der Waals surface area contributed by atoms with Crippen molar-refractivity contribution in [2.75, 3.05) is 40.5 Å². The molecule has 23 heavy (non-hydrogen) atoms. The van der Waals surface area contributed by atoms with Gasteiger partial charge in [0.1, 0.15) is 13.2 Å². The third-order valence-electron chi connectivity index (χ3n) is 3.60. The van der Waals surface area contributed by atoms with Crippen LogP contribution in [0.3, 0.4) is 0 Å². The molecular formula is C16H24N2O5. The lowest BCUT2D eigenvalue weighted by Crippen LogP contribution is -2.43. The Bertz CT molecular complexity index is 537. The van der Waals surface area contributed by atoms with Crippen molar-refractivity contribution in [2.45, 2.75) is 19.1 Å². The second kappa shape index (κ2) is 8.03.